The van der Waals surface area contributed by atoms with Gasteiger partial charge in [-0.2, -0.15) is 0 Å². The van der Waals surface area contributed by atoms with Gasteiger partial charge in [-0.1, -0.05) is 12.0 Å². The summed E-state index contributed by atoms with van der Waals surface area (Å²) in [6.07, 6.45) is 7.00. The molecule has 2 aromatic carbocycles. The number of hydrogen-bond donors (Lipinski definition) is 1. The minimum atomic E-state index is 0.261. The molecule has 0 spiro atoms. The maximum Gasteiger partial charge on any atom is 0.127 e. The van der Waals surface area contributed by atoms with E-state index in [2.05, 4.69) is 33.5 Å². The zero-order valence-electron chi connectivity index (χ0n) is 10.4. The van der Waals surface area contributed by atoms with Crippen LogP contribution in [0.1, 0.15) is 16.7 Å². The molecule has 0 fully saturated rings. The monoisotopic (exact) mass is 361 g/mol. The second-order valence-corrected chi connectivity index (χ2v) is 5.36. The topological polar surface area (TPSA) is 32.6 Å². The number of phenolic OH excluding ortho intramolecular Hbond substituents is 1. The van der Waals surface area contributed by atoms with Gasteiger partial charge >= 0.3 is 0 Å². The van der Waals surface area contributed by atoms with Crippen molar-refractivity contribution in [2.24, 2.45) is 4.99 Å². The third-order valence-electron chi connectivity index (χ3n) is 2.66. The predicted molar refractivity (Wildman–Crippen MR) is 87.2 cm³/mol. The van der Waals surface area contributed by atoms with Crippen molar-refractivity contribution in [2.75, 3.05) is 0 Å². The van der Waals surface area contributed by atoms with E-state index in [1.165, 1.54) is 0 Å². The highest BCUT2D eigenvalue weighted by Gasteiger charge is 2.03. The second kappa shape index (κ2) is 5.89. The summed E-state index contributed by atoms with van der Waals surface area (Å²) in [5, 5.41) is 9.97. The number of nitrogens with zero attached hydrogens (tertiary/aromatic N) is 1. The molecule has 2 rings (SSSR count). The molecule has 0 saturated heterocycles. The van der Waals surface area contributed by atoms with E-state index in [9.17, 15) is 5.11 Å². The van der Waals surface area contributed by atoms with E-state index in [4.69, 9.17) is 6.42 Å². The number of benzene rings is 2. The van der Waals surface area contributed by atoms with Crippen LogP contribution in [-0.2, 0) is 0 Å². The first kappa shape index (κ1) is 13.6. The fourth-order valence-corrected chi connectivity index (χ4v) is 2.48. The van der Waals surface area contributed by atoms with E-state index < -0.39 is 0 Å². The molecule has 0 aliphatic carbocycles. The van der Waals surface area contributed by atoms with Gasteiger partial charge in [-0.3, -0.25) is 4.99 Å². The number of rotatable bonds is 2. The van der Waals surface area contributed by atoms with E-state index in [-0.39, 0.29) is 5.75 Å². The summed E-state index contributed by atoms with van der Waals surface area (Å²) in [5.74, 6) is 2.83. The largest absolute Gasteiger partial charge is 0.507 e. The molecule has 0 amide bonds. The first-order valence-corrected chi connectivity index (χ1v) is 6.78. The quantitative estimate of drug-likeness (QED) is 0.489. The molecule has 19 heavy (non-hydrogen) atoms. The van der Waals surface area contributed by atoms with Crippen molar-refractivity contribution in [3.05, 3.63) is 56.7 Å². The van der Waals surface area contributed by atoms with Gasteiger partial charge in [-0.15, -0.1) is 6.42 Å². The number of hydrogen-bond acceptors (Lipinski definition) is 2. The van der Waals surface area contributed by atoms with Crippen LogP contribution in [0.25, 0.3) is 0 Å². The Kier molecular flexibility index (Phi) is 4.23. The highest BCUT2D eigenvalue weighted by atomic mass is 127. The minimum absolute atomic E-state index is 0.261. The molecule has 0 heterocycles. The standard InChI is InChI=1S/C16H12INO/c1-3-12-5-4-6-15(8-12)18-10-13-9-14(17)7-11(2)16(13)19/h1,4-10,19H,2H3. The number of aromatic hydroxyl groups is 1. The number of halogens is 1. The summed E-state index contributed by atoms with van der Waals surface area (Å²) in [6.45, 7) is 1.87. The van der Waals surface area contributed by atoms with Gasteiger partial charge < -0.3 is 5.11 Å². The van der Waals surface area contributed by atoms with Crippen LogP contribution < -0.4 is 0 Å². The lowest BCUT2D eigenvalue weighted by Gasteiger charge is -2.04. The molecule has 94 valence electrons. The van der Waals surface area contributed by atoms with E-state index in [0.29, 0.717) is 5.56 Å². The smallest absolute Gasteiger partial charge is 0.127 e. The second-order valence-electron chi connectivity index (χ2n) is 4.11. The molecule has 1 N–H and O–H groups in total. The molecule has 0 aliphatic heterocycles. The Hall–Kier alpha value is -1.80. The molecular formula is C16H12INO. The zero-order chi connectivity index (χ0) is 13.8. The van der Waals surface area contributed by atoms with Crippen LogP contribution in [0, 0.1) is 22.8 Å². The van der Waals surface area contributed by atoms with Crippen molar-refractivity contribution in [1.82, 2.24) is 0 Å². The zero-order valence-corrected chi connectivity index (χ0v) is 12.5. The first-order chi connectivity index (χ1) is 9.10. The molecular weight excluding hydrogens is 349 g/mol. The van der Waals surface area contributed by atoms with Gasteiger partial charge in [0.05, 0.1) is 5.69 Å². The normalized spacial score (nSPS) is 10.6. The van der Waals surface area contributed by atoms with Gasteiger partial charge in [0.15, 0.2) is 0 Å². The third kappa shape index (κ3) is 3.36. The van der Waals surface area contributed by atoms with Crippen molar-refractivity contribution in [1.29, 1.82) is 0 Å². The lowest BCUT2D eigenvalue weighted by molar-refractivity contribution is 0.470. The van der Waals surface area contributed by atoms with Crippen LogP contribution in [0.15, 0.2) is 41.4 Å². The summed E-state index contributed by atoms with van der Waals surface area (Å²) in [4.78, 5) is 4.34. The maximum absolute atomic E-state index is 9.97. The number of phenols is 1. The summed E-state index contributed by atoms with van der Waals surface area (Å²) >= 11 is 2.21. The van der Waals surface area contributed by atoms with Crippen molar-refractivity contribution in [2.45, 2.75) is 6.92 Å². The Balaban J connectivity index is 2.35. The molecule has 0 atom stereocenters. The van der Waals surface area contributed by atoms with Crippen LogP contribution in [0.2, 0.25) is 0 Å². The molecule has 0 bridgehead atoms. The Morgan fingerprint density at radius 2 is 2.11 bits per heavy atom. The van der Waals surface area contributed by atoms with Gasteiger partial charge in [0.1, 0.15) is 5.75 Å². The molecule has 2 nitrogen and oxygen atoms in total. The molecule has 0 saturated carbocycles. The fourth-order valence-electron chi connectivity index (χ4n) is 1.68. The van der Waals surface area contributed by atoms with Gasteiger partial charge in [0, 0.05) is 20.9 Å². The van der Waals surface area contributed by atoms with Crippen LogP contribution in [-0.4, -0.2) is 11.3 Å². The highest BCUT2D eigenvalue weighted by molar-refractivity contribution is 14.1. The van der Waals surface area contributed by atoms with Crippen LogP contribution in [0.4, 0.5) is 5.69 Å². The van der Waals surface area contributed by atoms with E-state index in [1.54, 1.807) is 6.21 Å². The van der Waals surface area contributed by atoms with E-state index >= 15 is 0 Å². The Labute approximate surface area is 126 Å². The minimum Gasteiger partial charge on any atom is -0.507 e. The van der Waals surface area contributed by atoms with Crippen LogP contribution >= 0.6 is 22.6 Å². The van der Waals surface area contributed by atoms with Gasteiger partial charge in [0.25, 0.3) is 0 Å². The molecule has 0 unspecified atom stereocenters. The lowest BCUT2D eigenvalue weighted by atomic mass is 10.1. The summed E-state index contributed by atoms with van der Waals surface area (Å²) in [5.41, 5.74) is 3.10. The highest BCUT2D eigenvalue weighted by Crippen LogP contribution is 2.24. The maximum atomic E-state index is 9.97. The number of aryl methyl sites for hydroxylation is 1. The van der Waals surface area contributed by atoms with Crippen molar-refractivity contribution >= 4 is 34.5 Å². The van der Waals surface area contributed by atoms with Crippen LogP contribution in [0.5, 0.6) is 5.75 Å². The summed E-state index contributed by atoms with van der Waals surface area (Å²) in [6, 6.07) is 11.2. The number of terminal acetylenes is 1. The SMILES string of the molecule is C#Cc1cccc(N=Cc2cc(I)cc(C)c2O)c1. The first-order valence-electron chi connectivity index (χ1n) is 5.70. The molecule has 0 aromatic heterocycles. The Morgan fingerprint density at radius 1 is 1.32 bits per heavy atom. The molecule has 2 aromatic rings. The molecule has 3 heteroatoms. The Bertz CT molecular complexity index is 684. The number of aliphatic imine (C=N–C) groups is 1. The summed E-state index contributed by atoms with van der Waals surface area (Å²) in [7, 11) is 0. The Morgan fingerprint density at radius 3 is 2.84 bits per heavy atom. The fraction of sp³-hybridized carbons (Fsp3) is 0.0625. The van der Waals surface area contributed by atoms with Gasteiger partial charge in [-0.25, -0.2) is 0 Å². The van der Waals surface area contributed by atoms with Crippen molar-refractivity contribution in [3.8, 4) is 18.1 Å². The lowest BCUT2D eigenvalue weighted by Crippen LogP contribution is -1.87. The van der Waals surface area contributed by atoms with Crippen LogP contribution in [0.3, 0.4) is 0 Å². The van der Waals surface area contributed by atoms with Crippen molar-refractivity contribution in [3.63, 3.8) is 0 Å². The third-order valence-corrected chi connectivity index (χ3v) is 3.28. The van der Waals surface area contributed by atoms with E-state index in [1.807, 2.05) is 43.3 Å². The molecule has 0 aliphatic rings. The summed E-state index contributed by atoms with van der Waals surface area (Å²) < 4.78 is 1.06. The average molecular weight is 361 g/mol. The molecule has 0 radical (unpaired) electrons. The average Bonchev–Trinajstić information content (AvgIpc) is 2.41. The predicted octanol–water partition coefficient (Wildman–Crippen LogP) is 4.04. The van der Waals surface area contributed by atoms with E-state index in [0.717, 1.165) is 20.4 Å². The van der Waals surface area contributed by atoms with Crippen molar-refractivity contribution < 1.29 is 5.11 Å². The van der Waals surface area contributed by atoms with Gasteiger partial charge in [0.2, 0.25) is 0 Å². The van der Waals surface area contributed by atoms with Gasteiger partial charge in [-0.05, 0) is 65.4 Å².